The maximum Gasteiger partial charge on any atom is 0.261 e. The van der Waals surface area contributed by atoms with Crippen LogP contribution in [0.15, 0.2) is 90.0 Å². The van der Waals surface area contributed by atoms with Gasteiger partial charge in [-0.25, -0.2) is 12.8 Å². The van der Waals surface area contributed by atoms with Gasteiger partial charge in [0.1, 0.15) is 11.5 Å². The number of aromatic nitrogens is 5. The number of anilines is 1. The summed E-state index contributed by atoms with van der Waals surface area (Å²) in [5.74, 6) is -0.137. The molecule has 0 amide bonds. The first-order chi connectivity index (χ1) is 15.5. The van der Waals surface area contributed by atoms with Crippen LogP contribution in [0.3, 0.4) is 0 Å². The Morgan fingerprint density at radius 3 is 2.53 bits per heavy atom. The second kappa shape index (κ2) is 7.82. The van der Waals surface area contributed by atoms with Crippen molar-refractivity contribution in [3.63, 3.8) is 0 Å². The molecule has 0 spiro atoms. The zero-order valence-corrected chi connectivity index (χ0v) is 17.2. The highest BCUT2D eigenvalue weighted by atomic mass is 32.2. The molecule has 0 atom stereocenters. The number of fused-ring (bicyclic) bond motifs is 1. The van der Waals surface area contributed by atoms with Gasteiger partial charge in [-0.15, -0.1) is 10.2 Å². The number of pyridine rings is 1. The first-order valence-electron chi connectivity index (χ1n) is 9.52. The van der Waals surface area contributed by atoms with E-state index in [1.165, 1.54) is 18.2 Å². The fourth-order valence-electron chi connectivity index (χ4n) is 3.19. The molecule has 0 saturated heterocycles. The Labute approximate surface area is 182 Å². The van der Waals surface area contributed by atoms with E-state index in [0.29, 0.717) is 34.1 Å². The number of benzene rings is 2. The van der Waals surface area contributed by atoms with Crippen LogP contribution < -0.4 is 4.72 Å². The molecule has 0 aliphatic heterocycles. The molecular weight excluding hydrogens is 431 g/mol. The third-order valence-corrected chi connectivity index (χ3v) is 6.05. The minimum absolute atomic E-state index is 0.160. The van der Waals surface area contributed by atoms with Crippen molar-refractivity contribution in [2.75, 3.05) is 4.72 Å². The van der Waals surface area contributed by atoms with Crippen LogP contribution in [0.1, 0.15) is 0 Å². The average molecular weight is 446 g/mol. The second-order valence-corrected chi connectivity index (χ2v) is 8.55. The molecule has 10 heteroatoms. The van der Waals surface area contributed by atoms with E-state index < -0.39 is 15.8 Å². The maximum atomic E-state index is 13.5. The minimum atomic E-state index is -3.95. The van der Waals surface area contributed by atoms with Crippen molar-refractivity contribution >= 4 is 21.4 Å². The molecular formula is C22H15FN6O2S. The number of rotatable bonds is 5. The molecule has 5 aromatic rings. The van der Waals surface area contributed by atoms with E-state index in [0.717, 1.165) is 6.07 Å². The summed E-state index contributed by atoms with van der Waals surface area (Å²) < 4.78 is 42.8. The third kappa shape index (κ3) is 3.79. The molecule has 0 aliphatic carbocycles. The van der Waals surface area contributed by atoms with Gasteiger partial charge in [0.2, 0.25) is 5.82 Å². The molecule has 8 nitrogen and oxygen atoms in total. The van der Waals surface area contributed by atoms with Crippen LogP contribution in [-0.4, -0.2) is 33.2 Å². The topological polar surface area (TPSA) is 102 Å². The van der Waals surface area contributed by atoms with E-state index in [1.54, 1.807) is 47.1 Å². The number of sulfonamides is 1. The van der Waals surface area contributed by atoms with E-state index >= 15 is 0 Å². The van der Waals surface area contributed by atoms with Crippen LogP contribution >= 0.6 is 0 Å². The lowest BCUT2D eigenvalue weighted by Gasteiger charge is -2.10. The highest BCUT2D eigenvalue weighted by molar-refractivity contribution is 7.92. The van der Waals surface area contributed by atoms with Crippen molar-refractivity contribution in [2.24, 2.45) is 0 Å². The molecule has 3 heterocycles. The van der Waals surface area contributed by atoms with Gasteiger partial charge in [-0.3, -0.25) is 9.71 Å². The van der Waals surface area contributed by atoms with E-state index in [-0.39, 0.29) is 4.90 Å². The Kier molecular flexibility index (Phi) is 4.83. The minimum Gasteiger partial charge on any atom is -0.280 e. The summed E-state index contributed by atoms with van der Waals surface area (Å²) in [5.41, 5.74) is 2.76. The third-order valence-electron chi connectivity index (χ3n) is 4.67. The largest absolute Gasteiger partial charge is 0.280 e. The fraction of sp³-hybridized carbons (Fsp3) is 0. The lowest BCUT2D eigenvalue weighted by Crippen LogP contribution is -2.13. The van der Waals surface area contributed by atoms with E-state index in [4.69, 9.17) is 0 Å². The smallest absolute Gasteiger partial charge is 0.261 e. The predicted molar refractivity (Wildman–Crippen MR) is 117 cm³/mol. The summed E-state index contributed by atoms with van der Waals surface area (Å²) in [4.78, 5) is 4.14. The van der Waals surface area contributed by atoms with Crippen molar-refractivity contribution in [3.8, 4) is 22.8 Å². The summed E-state index contributed by atoms with van der Waals surface area (Å²) in [6.45, 7) is 0. The molecule has 0 aliphatic rings. The fourth-order valence-corrected chi connectivity index (χ4v) is 4.27. The van der Waals surface area contributed by atoms with Gasteiger partial charge in [-0.1, -0.05) is 24.3 Å². The summed E-state index contributed by atoms with van der Waals surface area (Å²) in [7, 11) is -3.95. The maximum absolute atomic E-state index is 13.5. The summed E-state index contributed by atoms with van der Waals surface area (Å²) in [5, 5.41) is 12.9. The zero-order chi connectivity index (χ0) is 22.1. The van der Waals surface area contributed by atoms with Crippen LogP contribution in [0.25, 0.3) is 28.4 Å². The van der Waals surface area contributed by atoms with Gasteiger partial charge in [0, 0.05) is 17.4 Å². The Morgan fingerprint density at radius 1 is 0.844 bits per heavy atom. The summed E-state index contributed by atoms with van der Waals surface area (Å²) in [6.07, 6.45) is 1.66. The van der Waals surface area contributed by atoms with Crippen molar-refractivity contribution in [1.82, 2.24) is 24.8 Å². The van der Waals surface area contributed by atoms with E-state index in [9.17, 15) is 12.8 Å². The number of halogens is 1. The molecule has 32 heavy (non-hydrogen) atoms. The first kappa shape index (κ1) is 19.8. The van der Waals surface area contributed by atoms with Gasteiger partial charge in [0.25, 0.3) is 10.0 Å². The molecule has 158 valence electrons. The predicted octanol–water partition coefficient (Wildman–Crippen LogP) is 3.79. The highest BCUT2D eigenvalue weighted by Crippen LogP contribution is 2.24. The van der Waals surface area contributed by atoms with Crippen LogP contribution in [-0.2, 0) is 10.0 Å². The molecule has 0 saturated carbocycles. The van der Waals surface area contributed by atoms with E-state index in [2.05, 4.69) is 25.0 Å². The van der Waals surface area contributed by atoms with Crippen LogP contribution in [0, 0.1) is 5.82 Å². The van der Waals surface area contributed by atoms with Crippen LogP contribution in [0.4, 0.5) is 10.1 Å². The van der Waals surface area contributed by atoms with Crippen molar-refractivity contribution in [1.29, 1.82) is 0 Å². The zero-order valence-electron chi connectivity index (χ0n) is 16.4. The Balaban J connectivity index is 1.50. The second-order valence-electron chi connectivity index (χ2n) is 6.87. The molecule has 3 aromatic heterocycles. The number of nitrogens with zero attached hydrogens (tertiary/aromatic N) is 5. The molecule has 0 radical (unpaired) electrons. The van der Waals surface area contributed by atoms with Crippen LogP contribution in [0.5, 0.6) is 0 Å². The van der Waals surface area contributed by atoms with Crippen molar-refractivity contribution < 1.29 is 12.8 Å². The highest BCUT2D eigenvalue weighted by Gasteiger charge is 2.16. The van der Waals surface area contributed by atoms with Gasteiger partial charge in [-0.2, -0.15) is 9.61 Å². The lowest BCUT2D eigenvalue weighted by molar-refractivity contribution is 0.595. The first-order valence-corrected chi connectivity index (χ1v) is 11.0. The SMILES string of the molecule is O=S(=O)(Nc1cccc(-c2ccc3nnc(-c4ccccn4)n3n2)c1)c1cccc(F)c1. The monoisotopic (exact) mass is 446 g/mol. The lowest BCUT2D eigenvalue weighted by atomic mass is 10.1. The summed E-state index contributed by atoms with van der Waals surface area (Å²) >= 11 is 0. The van der Waals surface area contributed by atoms with Crippen LogP contribution in [0.2, 0.25) is 0 Å². The quantitative estimate of drug-likeness (QED) is 0.441. The number of nitrogens with one attached hydrogen (secondary N) is 1. The van der Waals surface area contributed by atoms with Gasteiger partial charge >= 0.3 is 0 Å². The number of hydrogen-bond donors (Lipinski definition) is 1. The molecule has 5 rings (SSSR count). The normalized spacial score (nSPS) is 11.5. The van der Waals surface area contributed by atoms with E-state index in [1.807, 2.05) is 18.2 Å². The molecule has 0 fully saturated rings. The van der Waals surface area contributed by atoms with Gasteiger partial charge in [0.15, 0.2) is 5.65 Å². The Hall–Kier alpha value is -4.18. The molecule has 0 unspecified atom stereocenters. The number of hydrogen-bond acceptors (Lipinski definition) is 6. The standard InChI is InChI=1S/C22H15FN6O2S/c23-16-6-4-8-18(14-16)32(30,31)28-17-7-3-5-15(13-17)19-10-11-21-25-26-22(29(21)27-19)20-9-1-2-12-24-20/h1-14,28H. The molecule has 2 aromatic carbocycles. The van der Waals surface area contributed by atoms with Gasteiger partial charge in [0.05, 0.1) is 10.6 Å². The van der Waals surface area contributed by atoms with Gasteiger partial charge in [-0.05, 0) is 54.6 Å². The summed E-state index contributed by atoms with van der Waals surface area (Å²) in [6, 6.07) is 20.6. The Bertz CT molecular complexity index is 1540. The average Bonchev–Trinajstić information content (AvgIpc) is 3.23. The molecule has 0 bridgehead atoms. The Morgan fingerprint density at radius 2 is 1.72 bits per heavy atom. The van der Waals surface area contributed by atoms with Gasteiger partial charge < -0.3 is 0 Å². The molecule has 1 N–H and O–H groups in total. The van der Waals surface area contributed by atoms with Crippen molar-refractivity contribution in [3.05, 3.63) is 90.9 Å². The van der Waals surface area contributed by atoms with Crippen molar-refractivity contribution in [2.45, 2.75) is 4.90 Å².